The van der Waals surface area contributed by atoms with Gasteiger partial charge in [0.1, 0.15) is 0 Å². The Morgan fingerprint density at radius 1 is 1.14 bits per heavy atom. The highest BCUT2D eigenvalue weighted by atomic mass is 16.1. The van der Waals surface area contributed by atoms with E-state index >= 15 is 0 Å². The second-order valence-electron chi connectivity index (χ2n) is 4.42. The average Bonchev–Trinajstić information content (AvgIpc) is 2.63. The Morgan fingerprint density at radius 2 is 1.76 bits per heavy atom. The molecular formula is C13H17N7O. The van der Waals surface area contributed by atoms with Crippen LogP contribution in [0.3, 0.4) is 0 Å². The second kappa shape index (κ2) is 5.53. The highest BCUT2D eigenvalue weighted by Gasteiger charge is 2.15. The fourth-order valence-corrected chi connectivity index (χ4v) is 1.95. The zero-order valence-electron chi connectivity index (χ0n) is 11.8. The summed E-state index contributed by atoms with van der Waals surface area (Å²) < 4.78 is 3.19. The molecule has 110 valence electrons. The molecule has 6 N–H and O–H groups in total. The normalized spacial score (nSPS) is 11.4. The third-order valence-electron chi connectivity index (χ3n) is 2.99. The number of aliphatic imine (C=N–C) groups is 2. The number of hydrogen-bond acceptors (Lipinski definition) is 2. The Bertz CT molecular complexity index is 764. The molecule has 0 radical (unpaired) electrons. The molecule has 0 bridgehead atoms. The molecule has 0 aliphatic carbocycles. The van der Waals surface area contributed by atoms with Crippen molar-refractivity contribution < 1.29 is 0 Å². The second-order valence-corrected chi connectivity index (χ2v) is 4.42. The maximum atomic E-state index is 12.5. The number of rotatable bonds is 2. The highest BCUT2D eigenvalue weighted by molar-refractivity contribution is 5.93. The van der Waals surface area contributed by atoms with Crippen LogP contribution in [0.2, 0.25) is 0 Å². The van der Waals surface area contributed by atoms with Gasteiger partial charge in [-0.15, -0.1) is 0 Å². The van der Waals surface area contributed by atoms with Gasteiger partial charge in [0.05, 0.1) is 11.4 Å². The molecule has 0 spiro atoms. The summed E-state index contributed by atoms with van der Waals surface area (Å²) in [5, 5.41) is 0. The number of guanidine groups is 2. The van der Waals surface area contributed by atoms with Crippen LogP contribution < -0.4 is 22.8 Å². The molecule has 8 nitrogen and oxygen atoms in total. The molecule has 0 fully saturated rings. The van der Waals surface area contributed by atoms with Crippen LogP contribution in [0, 0.1) is 6.92 Å². The van der Waals surface area contributed by atoms with E-state index < -0.39 is 0 Å². The fraction of sp³-hybridized carbons (Fsp3) is 0.154. The first kappa shape index (κ1) is 14.4. The summed E-state index contributed by atoms with van der Waals surface area (Å²) in [4.78, 5) is 20.1. The lowest BCUT2D eigenvalue weighted by atomic mass is 10.3. The monoisotopic (exact) mass is 287 g/mol. The Labute approximate surface area is 121 Å². The Kier molecular flexibility index (Phi) is 3.79. The van der Waals surface area contributed by atoms with E-state index in [1.807, 2.05) is 30.3 Å². The first-order chi connectivity index (χ1) is 9.91. The van der Waals surface area contributed by atoms with E-state index in [1.54, 1.807) is 18.7 Å². The van der Waals surface area contributed by atoms with Gasteiger partial charge in [0, 0.05) is 7.05 Å². The molecule has 0 saturated heterocycles. The molecular weight excluding hydrogens is 270 g/mol. The van der Waals surface area contributed by atoms with E-state index in [-0.39, 0.29) is 23.2 Å². The summed E-state index contributed by atoms with van der Waals surface area (Å²) in [6, 6.07) is 9.23. The van der Waals surface area contributed by atoms with Crippen LogP contribution >= 0.6 is 0 Å². The summed E-state index contributed by atoms with van der Waals surface area (Å²) >= 11 is 0. The van der Waals surface area contributed by atoms with Crippen molar-refractivity contribution in [3.63, 3.8) is 0 Å². The van der Waals surface area contributed by atoms with E-state index in [2.05, 4.69) is 9.98 Å². The van der Waals surface area contributed by atoms with Gasteiger partial charge < -0.3 is 17.2 Å². The predicted molar refractivity (Wildman–Crippen MR) is 82.8 cm³/mol. The van der Waals surface area contributed by atoms with Crippen molar-refractivity contribution in [1.29, 1.82) is 0 Å². The van der Waals surface area contributed by atoms with Gasteiger partial charge in [-0.05, 0) is 19.1 Å². The molecule has 2 rings (SSSR count). The fourth-order valence-electron chi connectivity index (χ4n) is 1.95. The van der Waals surface area contributed by atoms with Gasteiger partial charge in [0.15, 0.2) is 11.6 Å². The van der Waals surface area contributed by atoms with Gasteiger partial charge in [-0.1, -0.05) is 18.2 Å². The van der Waals surface area contributed by atoms with Crippen LogP contribution in [0.4, 0.5) is 5.69 Å². The molecule has 1 aromatic carbocycles. The van der Waals surface area contributed by atoms with Crippen molar-refractivity contribution in [2.24, 2.45) is 34.2 Å². The minimum atomic E-state index is -0.296. The molecule has 21 heavy (non-hydrogen) atoms. The van der Waals surface area contributed by atoms with Crippen LogP contribution in [-0.2, 0) is 7.05 Å². The lowest BCUT2D eigenvalue weighted by Gasteiger charge is -2.07. The predicted octanol–water partition coefficient (Wildman–Crippen LogP) is -0.296. The molecule has 0 aliphatic rings. The zero-order chi connectivity index (χ0) is 15.6. The topological polar surface area (TPSA) is 130 Å². The van der Waals surface area contributed by atoms with Crippen LogP contribution in [0.25, 0.3) is 5.69 Å². The van der Waals surface area contributed by atoms with Gasteiger partial charge in [0.2, 0.25) is 5.96 Å². The van der Waals surface area contributed by atoms with E-state index in [0.717, 1.165) is 5.69 Å². The lowest BCUT2D eigenvalue weighted by Crippen LogP contribution is -2.26. The number of para-hydroxylation sites is 1. The van der Waals surface area contributed by atoms with Gasteiger partial charge in [-0.2, -0.15) is 4.99 Å². The van der Waals surface area contributed by atoms with Crippen LogP contribution in [0.1, 0.15) is 5.69 Å². The minimum absolute atomic E-state index is 0.166. The molecule has 0 aliphatic heterocycles. The Balaban J connectivity index is 2.62. The molecule has 8 heteroatoms. The minimum Gasteiger partial charge on any atom is -0.370 e. The first-order valence-electron chi connectivity index (χ1n) is 6.19. The summed E-state index contributed by atoms with van der Waals surface area (Å²) in [7, 11) is 1.76. The van der Waals surface area contributed by atoms with E-state index in [9.17, 15) is 4.79 Å². The molecule has 0 amide bonds. The molecule has 0 atom stereocenters. The maximum absolute atomic E-state index is 12.5. The van der Waals surface area contributed by atoms with E-state index in [1.165, 1.54) is 4.68 Å². The number of hydrogen-bond donors (Lipinski definition) is 3. The third-order valence-corrected chi connectivity index (χ3v) is 2.99. The summed E-state index contributed by atoms with van der Waals surface area (Å²) in [5.74, 6) is -0.380. The quantitative estimate of drug-likeness (QED) is 0.517. The van der Waals surface area contributed by atoms with Crippen molar-refractivity contribution in [3.8, 4) is 5.69 Å². The first-order valence-corrected chi connectivity index (χ1v) is 6.19. The van der Waals surface area contributed by atoms with Gasteiger partial charge in [-0.25, -0.2) is 9.67 Å². The van der Waals surface area contributed by atoms with Crippen molar-refractivity contribution in [2.45, 2.75) is 6.92 Å². The Morgan fingerprint density at radius 3 is 2.33 bits per heavy atom. The molecule has 0 unspecified atom stereocenters. The van der Waals surface area contributed by atoms with Gasteiger partial charge in [-0.3, -0.25) is 9.48 Å². The van der Waals surface area contributed by atoms with E-state index in [4.69, 9.17) is 17.2 Å². The molecule has 1 aromatic heterocycles. The summed E-state index contributed by atoms with van der Waals surface area (Å²) in [6.07, 6.45) is 0. The van der Waals surface area contributed by atoms with Crippen molar-refractivity contribution in [3.05, 3.63) is 46.4 Å². The highest BCUT2D eigenvalue weighted by Crippen LogP contribution is 2.16. The van der Waals surface area contributed by atoms with Crippen LogP contribution in [-0.4, -0.2) is 21.3 Å². The van der Waals surface area contributed by atoms with Gasteiger partial charge in [0.25, 0.3) is 5.56 Å². The number of benzene rings is 1. The van der Waals surface area contributed by atoms with E-state index in [0.29, 0.717) is 5.69 Å². The van der Waals surface area contributed by atoms with Gasteiger partial charge >= 0.3 is 0 Å². The SMILES string of the molecule is Cc1c(N=C(N)N=C(N)N)c(=O)n(-c2ccccc2)n1C. The standard InChI is InChI=1S/C13H17N7O/c1-8-10(17-13(16)18-12(14)15)11(21)20(19(8)2)9-6-4-3-5-7-9/h3-7H,1-2H3,(H6,14,15,16,17,18). The number of nitrogens with two attached hydrogens (primary N) is 3. The third kappa shape index (κ3) is 2.78. The zero-order valence-corrected chi connectivity index (χ0v) is 11.8. The summed E-state index contributed by atoms with van der Waals surface area (Å²) in [5.41, 5.74) is 17.3. The number of nitrogens with zero attached hydrogens (tertiary/aromatic N) is 4. The molecule has 1 heterocycles. The largest absolute Gasteiger partial charge is 0.370 e. The lowest BCUT2D eigenvalue weighted by molar-refractivity contribution is 0.630. The molecule has 2 aromatic rings. The van der Waals surface area contributed by atoms with Crippen molar-refractivity contribution in [1.82, 2.24) is 9.36 Å². The van der Waals surface area contributed by atoms with Crippen LogP contribution in [0.5, 0.6) is 0 Å². The van der Waals surface area contributed by atoms with Crippen molar-refractivity contribution >= 4 is 17.6 Å². The number of aromatic nitrogens is 2. The average molecular weight is 287 g/mol. The summed E-state index contributed by atoms with van der Waals surface area (Å²) in [6.45, 7) is 1.77. The Hall–Kier alpha value is -3.03. The maximum Gasteiger partial charge on any atom is 0.297 e. The smallest absolute Gasteiger partial charge is 0.297 e. The van der Waals surface area contributed by atoms with Crippen molar-refractivity contribution in [2.75, 3.05) is 0 Å². The van der Waals surface area contributed by atoms with Crippen LogP contribution in [0.15, 0.2) is 45.1 Å². The molecule has 0 saturated carbocycles.